The summed E-state index contributed by atoms with van der Waals surface area (Å²) in [6.07, 6.45) is -1.31. The van der Waals surface area contributed by atoms with Gasteiger partial charge in [0, 0.05) is 30.4 Å². The SMILES string of the molecule is CC(C)(CNc1ccc(-c2cccc(C(F)(F)F)c2)cn1)NCC(=O)N1CCC[C@H]1C#N. The van der Waals surface area contributed by atoms with Crippen LogP contribution < -0.4 is 10.6 Å². The van der Waals surface area contributed by atoms with E-state index < -0.39 is 17.3 Å². The lowest BCUT2D eigenvalue weighted by molar-refractivity contribution is -0.137. The summed E-state index contributed by atoms with van der Waals surface area (Å²) in [6, 6.07) is 10.4. The van der Waals surface area contributed by atoms with Crippen molar-refractivity contribution in [3.8, 4) is 17.2 Å². The van der Waals surface area contributed by atoms with Gasteiger partial charge in [0.2, 0.25) is 5.91 Å². The third kappa shape index (κ3) is 5.98. The zero-order valence-electron chi connectivity index (χ0n) is 18.0. The van der Waals surface area contributed by atoms with Crippen molar-refractivity contribution in [2.45, 2.75) is 44.4 Å². The fourth-order valence-electron chi connectivity index (χ4n) is 3.53. The van der Waals surface area contributed by atoms with Crippen LogP contribution >= 0.6 is 0 Å². The number of alkyl halides is 3. The normalized spacial score (nSPS) is 16.6. The van der Waals surface area contributed by atoms with Crippen LogP contribution in [0.25, 0.3) is 11.1 Å². The molecular formula is C23H26F3N5O. The van der Waals surface area contributed by atoms with Gasteiger partial charge in [0.25, 0.3) is 0 Å². The van der Waals surface area contributed by atoms with Gasteiger partial charge in [-0.25, -0.2) is 4.98 Å². The maximum atomic E-state index is 12.9. The van der Waals surface area contributed by atoms with Gasteiger partial charge in [-0.1, -0.05) is 12.1 Å². The van der Waals surface area contributed by atoms with E-state index in [9.17, 15) is 18.0 Å². The number of halogens is 3. The zero-order chi connectivity index (χ0) is 23.4. The van der Waals surface area contributed by atoms with Gasteiger partial charge >= 0.3 is 6.18 Å². The highest BCUT2D eigenvalue weighted by atomic mass is 19.4. The minimum absolute atomic E-state index is 0.0920. The standard InChI is InChI=1S/C23H26F3N5O/c1-22(2,30-14-21(32)31-10-4-7-19(31)12-27)15-29-20-9-8-17(13-28-20)16-5-3-6-18(11-16)23(24,25)26/h3,5-6,8-9,11,13,19,30H,4,7,10,14-15H2,1-2H3,(H,28,29)/t19-/m0/s1. The number of hydrogen-bond acceptors (Lipinski definition) is 5. The van der Waals surface area contributed by atoms with Crippen LogP contribution in [0.2, 0.25) is 0 Å². The molecule has 1 aliphatic rings. The van der Waals surface area contributed by atoms with Crippen molar-refractivity contribution in [1.82, 2.24) is 15.2 Å². The summed E-state index contributed by atoms with van der Waals surface area (Å²) in [7, 11) is 0. The molecule has 2 heterocycles. The zero-order valence-corrected chi connectivity index (χ0v) is 18.0. The van der Waals surface area contributed by atoms with Gasteiger partial charge in [-0.15, -0.1) is 0 Å². The molecule has 6 nitrogen and oxygen atoms in total. The first kappa shape index (κ1) is 23.5. The van der Waals surface area contributed by atoms with E-state index in [0.29, 0.717) is 30.0 Å². The highest BCUT2D eigenvalue weighted by Crippen LogP contribution is 2.32. The summed E-state index contributed by atoms with van der Waals surface area (Å²) >= 11 is 0. The van der Waals surface area contributed by atoms with Crippen LogP contribution in [-0.2, 0) is 11.0 Å². The number of likely N-dealkylation sites (tertiary alicyclic amines) is 1. The highest BCUT2D eigenvalue weighted by Gasteiger charge is 2.31. The van der Waals surface area contributed by atoms with Crippen molar-refractivity contribution in [1.29, 1.82) is 5.26 Å². The van der Waals surface area contributed by atoms with Crippen molar-refractivity contribution in [3.63, 3.8) is 0 Å². The Labute approximate surface area is 185 Å². The molecule has 0 radical (unpaired) electrons. The molecule has 2 N–H and O–H groups in total. The molecule has 2 aromatic rings. The summed E-state index contributed by atoms with van der Waals surface area (Å²) in [5.74, 6) is 0.483. The van der Waals surface area contributed by atoms with Crippen molar-refractivity contribution in [2.75, 3.05) is 25.0 Å². The number of nitrogens with one attached hydrogen (secondary N) is 2. The molecular weight excluding hydrogens is 419 g/mol. The highest BCUT2D eigenvalue weighted by molar-refractivity contribution is 5.79. The molecule has 1 aromatic carbocycles. The van der Waals surface area contributed by atoms with Crippen LogP contribution in [-0.4, -0.2) is 47.0 Å². The predicted octanol–water partition coefficient (Wildman–Crippen LogP) is 4.06. The largest absolute Gasteiger partial charge is 0.416 e. The molecule has 3 rings (SSSR count). The third-order valence-corrected chi connectivity index (χ3v) is 5.44. The average Bonchev–Trinajstić information content (AvgIpc) is 3.25. The summed E-state index contributed by atoms with van der Waals surface area (Å²) in [5.41, 5.74) is -0.104. The number of pyridine rings is 1. The molecule has 1 saturated heterocycles. The minimum atomic E-state index is -4.39. The van der Waals surface area contributed by atoms with Crippen LogP contribution in [0, 0.1) is 11.3 Å². The van der Waals surface area contributed by atoms with Gasteiger partial charge in [0.05, 0.1) is 18.2 Å². The summed E-state index contributed by atoms with van der Waals surface area (Å²) in [6.45, 7) is 5.10. The first-order valence-electron chi connectivity index (χ1n) is 10.4. The van der Waals surface area contributed by atoms with E-state index in [-0.39, 0.29) is 18.5 Å². The number of carbonyl (C=O) groups excluding carboxylic acids is 1. The number of carbonyl (C=O) groups is 1. The second-order valence-corrected chi connectivity index (χ2v) is 8.48. The molecule has 1 amide bonds. The smallest absolute Gasteiger partial charge is 0.368 e. The molecule has 1 aliphatic heterocycles. The van der Waals surface area contributed by atoms with Crippen molar-refractivity contribution >= 4 is 11.7 Å². The lowest BCUT2D eigenvalue weighted by Crippen LogP contribution is -2.50. The van der Waals surface area contributed by atoms with Gasteiger partial charge in [0.15, 0.2) is 0 Å². The first-order valence-corrected chi connectivity index (χ1v) is 10.4. The van der Waals surface area contributed by atoms with E-state index in [4.69, 9.17) is 5.26 Å². The fraction of sp³-hybridized carbons (Fsp3) is 0.435. The Balaban J connectivity index is 1.54. The fourth-order valence-corrected chi connectivity index (χ4v) is 3.53. The lowest BCUT2D eigenvalue weighted by atomic mass is 10.0. The Kier molecular flexibility index (Phi) is 7.04. The summed E-state index contributed by atoms with van der Waals surface area (Å²) in [5, 5.41) is 15.5. The second kappa shape index (κ2) is 9.57. The quantitative estimate of drug-likeness (QED) is 0.672. The molecule has 0 saturated carbocycles. The van der Waals surface area contributed by atoms with Gasteiger partial charge < -0.3 is 15.5 Å². The van der Waals surface area contributed by atoms with Crippen molar-refractivity contribution < 1.29 is 18.0 Å². The number of nitriles is 1. The Morgan fingerprint density at radius 3 is 2.69 bits per heavy atom. The Bertz CT molecular complexity index is 982. The number of hydrogen-bond donors (Lipinski definition) is 2. The van der Waals surface area contributed by atoms with Crippen molar-refractivity contribution in [2.24, 2.45) is 0 Å². The molecule has 9 heteroatoms. The molecule has 170 valence electrons. The van der Waals surface area contributed by atoms with E-state index in [1.54, 1.807) is 23.1 Å². The summed E-state index contributed by atoms with van der Waals surface area (Å²) in [4.78, 5) is 18.3. The molecule has 0 bridgehead atoms. The maximum absolute atomic E-state index is 12.9. The first-order chi connectivity index (χ1) is 15.1. The van der Waals surface area contributed by atoms with E-state index in [1.807, 2.05) is 13.8 Å². The molecule has 0 spiro atoms. The third-order valence-electron chi connectivity index (χ3n) is 5.44. The van der Waals surface area contributed by atoms with Crippen LogP contribution in [0.4, 0.5) is 19.0 Å². The van der Waals surface area contributed by atoms with E-state index in [0.717, 1.165) is 25.0 Å². The predicted molar refractivity (Wildman–Crippen MR) is 116 cm³/mol. The Morgan fingerprint density at radius 1 is 1.25 bits per heavy atom. The summed E-state index contributed by atoms with van der Waals surface area (Å²) < 4.78 is 38.8. The van der Waals surface area contributed by atoms with Crippen molar-refractivity contribution in [3.05, 3.63) is 48.2 Å². The monoisotopic (exact) mass is 445 g/mol. The molecule has 32 heavy (non-hydrogen) atoms. The average molecular weight is 445 g/mol. The number of rotatable bonds is 7. The number of benzene rings is 1. The van der Waals surface area contributed by atoms with Crippen LogP contribution in [0.1, 0.15) is 32.3 Å². The Hall–Kier alpha value is -3.12. The molecule has 1 atom stereocenters. The van der Waals surface area contributed by atoms with Gasteiger partial charge in [0.1, 0.15) is 11.9 Å². The van der Waals surface area contributed by atoms with Gasteiger partial charge in [-0.05, 0) is 56.5 Å². The lowest BCUT2D eigenvalue weighted by Gasteiger charge is -2.28. The van der Waals surface area contributed by atoms with Crippen LogP contribution in [0.15, 0.2) is 42.6 Å². The maximum Gasteiger partial charge on any atom is 0.416 e. The number of anilines is 1. The van der Waals surface area contributed by atoms with Gasteiger partial charge in [-0.2, -0.15) is 18.4 Å². The second-order valence-electron chi connectivity index (χ2n) is 8.48. The molecule has 1 aromatic heterocycles. The number of amides is 1. The minimum Gasteiger partial charge on any atom is -0.368 e. The van der Waals surface area contributed by atoms with E-state index in [2.05, 4.69) is 21.7 Å². The number of nitrogens with zero attached hydrogens (tertiary/aromatic N) is 3. The van der Waals surface area contributed by atoms with Crippen LogP contribution in [0.5, 0.6) is 0 Å². The van der Waals surface area contributed by atoms with Crippen LogP contribution in [0.3, 0.4) is 0 Å². The topological polar surface area (TPSA) is 81.1 Å². The van der Waals surface area contributed by atoms with Gasteiger partial charge in [-0.3, -0.25) is 4.79 Å². The van der Waals surface area contributed by atoms with E-state index >= 15 is 0 Å². The molecule has 1 fully saturated rings. The van der Waals surface area contributed by atoms with E-state index in [1.165, 1.54) is 12.3 Å². The molecule has 0 unspecified atom stereocenters. The molecule has 0 aliphatic carbocycles. The number of aromatic nitrogens is 1. The Morgan fingerprint density at radius 2 is 2.03 bits per heavy atom.